The number of nitrogens with zero attached hydrogens (tertiary/aromatic N) is 1. The minimum Gasteiger partial charge on any atom is -0.384 e. The van der Waals surface area contributed by atoms with Crippen LogP contribution in [0.25, 0.3) is 0 Å². The molecule has 1 aliphatic rings. The molecule has 2 atom stereocenters. The average Bonchev–Trinajstić information content (AvgIpc) is 2.81. The Kier molecular flexibility index (Phi) is 4.70. The number of benzene rings is 1. The van der Waals surface area contributed by atoms with Gasteiger partial charge in [-0.15, -0.1) is 0 Å². The molecule has 0 aromatic heterocycles. The van der Waals surface area contributed by atoms with Gasteiger partial charge < -0.3 is 5.32 Å². The quantitative estimate of drug-likeness (QED) is 0.908. The lowest BCUT2D eigenvalue weighted by atomic mass is 10.2. The summed E-state index contributed by atoms with van der Waals surface area (Å²) in [6.45, 7) is 6.74. The monoisotopic (exact) mass is 296 g/mol. The molecule has 0 radical (unpaired) electrons. The first kappa shape index (κ1) is 15.3. The standard InChI is InChI=1S/C15H24N2O2S/c1-4-13-11-10-12(3)17(13)20(18,19)15-9-7-6-8-14(15)16-5-2/h6-9,12-13,16H,4-5,10-11H2,1-3H3. The second kappa shape index (κ2) is 6.14. The van der Waals surface area contributed by atoms with Crippen LogP contribution in [0.15, 0.2) is 29.2 Å². The van der Waals surface area contributed by atoms with E-state index in [2.05, 4.69) is 12.2 Å². The summed E-state index contributed by atoms with van der Waals surface area (Å²) < 4.78 is 27.7. The zero-order valence-corrected chi connectivity index (χ0v) is 13.3. The predicted octanol–water partition coefficient (Wildman–Crippen LogP) is 3.07. The molecule has 2 rings (SSSR count). The molecule has 1 aromatic carbocycles. The number of rotatable bonds is 5. The summed E-state index contributed by atoms with van der Waals surface area (Å²) in [5.41, 5.74) is 0.698. The molecule has 0 aliphatic carbocycles. The second-order valence-corrected chi connectivity index (χ2v) is 7.16. The number of nitrogens with one attached hydrogen (secondary N) is 1. The summed E-state index contributed by atoms with van der Waals surface area (Å²) in [7, 11) is -3.43. The van der Waals surface area contributed by atoms with Gasteiger partial charge in [0.15, 0.2) is 0 Å². The van der Waals surface area contributed by atoms with E-state index >= 15 is 0 Å². The lowest BCUT2D eigenvalue weighted by Crippen LogP contribution is -2.39. The largest absolute Gasteiger partial charge is 0.384 e. The van der Waals surface area contributed by atoms with E-state index < -0.39 is 10.0 Å². The number of para-hydroxylation sites is 1. The highest BCUT2D eigenvalue weighted by atomic mass is 32.2. The van der Waals surface area contributed by atoms with Gasteiger partial charge in [0.2, 0.25) is 10.0 Å². The Morgan fingerprint density at radius 1 is 1.25 bits per heavy atom. The molecule has 0 spiro atoms. The van der Waals surface area contributed by atoms with Crippen molar-refractivity contribution in [1.82, 2.24) is 4.31 Å². The Hall–Kier alpha value is -1.07. The van der Waals surface area contributed by atoms with E-state index in [1.807, 2.05) is 26.0 Å². The smallest absolute Gasteiger partial charge is 0.245 e. The molecule has 1 N–H and O–H groups in total. The van der Waals surface area contributed by atoms with E-state index in [4.69, 9.17) is 0 Å². The van der Waals surface area contributed by atoms with Crippen molar-refractivity contribution < 1.29 is 8.42 Å². The summed E-state index contributed by atoms with van der Waals surface area (Å²) in [5, 5.41) is 3.15. The third kappa shape index (κ3) is 2.69. The zero-order valence-electron chi connectivity index (χ0n) is 12.5. The van der Waals surface area contributed by atoms with Crippen molar-refractivity contribution in [3.63, 3.8) is 0 Å². The van der Waals surface area contributed by atoms with Crippen molar-refractivity contribution in [2.45, 2.75) is 57.0 Å². The fourth-order valence-electron chi connectivity index (χ4n) is 3.01. The van der Waals surface area contributed by atoms with Gasteiger partial charge in [-0.05, 0) is 45.2 Å². The molecule has 5 heteroatoms. The zero-order chi connectivity index (χ0) is 14.8. The minimum absolute atomic E-state index is 0.0830. The first-order valence-electron chi connectivity index (χ1n) is 7.38. The molecule has 0 saturated carbocycles. The highest BCUT2D eigenvalue weighted by Crippen LogP contribution is 2.34. The summed E-state index contributed by atoms with van der Waals surface area (Å²) in [5.74, 6) is 0. The minimum atomic E-state index is -3.43. The lowest BCUT2D eigenvalue weighted by molar-refractivity contribution is 0.329. The third-order valence-corrected chi connectivity index (χ3v) is 6.12. The maximum absolute atomic E-state index is 13.0. The van der Waals surface area contributed by atoms with Crippen LogP contribution in [0, 0.1) is 0 Å². The first-order chi connectivity index (χ1) is 9.52. The van der Waals surface area contributed by atoms with Crippen LogP contribution in [0.1, 0.15) is 40.0 Å². The highest BCUT2D eigenvalue weighted by Gasteiger charge is 2.39. The van der Waals surface area contributed by atoms with Gasteiger partial charge in [-0.25, -0.2) is 8.42 Å². The normalized spacial score (nSPS) is 23.9. The van der Waals surface area contributed by atoms with E-state index in [1.165, 1.54) is 0 Å². The van der Waals surface area contributed by atoms with Crippen LogP contribution < -0.4 is 5.32 Å². The molecule has 1 saturated heterocycles. The molecule has 0 bridgehead atoms. The number of hydrogen-bond acceptors (Lipinski definition) is 3. The summed E-state index contributed by atoms with van der Waals surface area (Å²) in [6.07, 6.45) is 2.77. The molecule has 1 heterocycles. The van der Waals surface area contributed by atoms with Gasteiger partial charge in [0, 0.05) is 18.6 Å². The van der Waals surface area contributed by atoms with Crippen LogP contribution in [-0.2, 0) is 10.0 Å². The average molecular weight is 296 g/mol. The molecule has 2 unspecified atom stereocenters. The van der Waals surface area contributed by atoms with Crippen molar-refractivity contribution in [2.75, 3.05) is 11.9 Å². The Morgan fingerprint density at radius 2 is 1.95 bits per heavy atom. The van der Waals surface area contributed by atoms with Crippen molar-refractivity contribution in [3.05, 3.63) is 24.3 Å². The SMILES string of the molecule is CCNc1ccccc1S(=O)(=O)N1C(C)CCC1CC. The van der Waals surface area contributed by atoms with Gasteiger partial charge in [0.05, 0.1) is 5.69 Å². The van der Waals surface area contributed by atoms with Gasteiger partial charge in [0.25, 0.3) is 0 Å². The summed E-state index contributed by atoms with van der Waals surface area (Å²) in [4.78, 5) is 0.397. The van der Waals surface area contributed by atoms with E-state index in [0.717, 1.165) is 19.3 Å². The lowest BCUT2D eigenvalue weighted by Gasteiger charge is -2.28. The molecule has 4 nitrogen and oxygen atoms in total. The van der Waals surface area contributed by atoms with Gasteiger partial charge in [-0.2, -0.15) is 4.31 Å². The molecular formula is C15H24N2O2S. The number of hydrogen-bond donors (Lipinski definition) is 1. The maximum atomic E-state index is 13.0. The van der Waals surface area contributed by atoms with Gasteiger partial charge in [-0.3, -0.25) is 0 Å². The second-order valence-electron chi connectivity index (χ2n) is 5.35. The molecule has 1 fully saturated rings. The van der Waals surface area contributed by atoms with Crippen LogP contribution in [0.5, 0.6) is 0 Å². The fraction of sp³-hybridized carbons (Fsp3) is 0.600. The fourth-order valence-corrected chi connectivity index (χ4v) is 5.13. The van der Waals surface area contributed by atoms with E-state index in [1.54, 1.807) is 16.4 Å². The predicted molar refractivity (Wildman–Crippen MR) is 82.4 cm³/mol. The van der Waals surface area contributed by atoms with Gasteiger partial charge in [0.1, 0.15) is 4.90 Å². The van der Waals surface area contributed by atoms with Crippen LogP contribution in [0.2, 0.25) is 0 Å². The van der Waals surface area contributed by atoms with Crippen molar-refractivity contribution in [2.24, 2.45) is 0 Å². The van der Waals surface area contributed by atoms with Gasteiger partial charge in [-0.1, -0.05) is 19.1 Å². The first-order valence-corrected chi connectivity index (χ1v) is 8.82. The van der Waals surface area contributed by atoms with E-state index in [9.17, 15) is 8.42 Å². The molecule has 1 aliphatic heterocycles. The third-order valence-electron chi connectivity index (χ3n) is 3.99. The Bertz CT molecular complexity index is 557. The van der Waals surface area contributed by atoms with Crippen molar-refractivity contribution >= 4 is 15.7 Å². The van der Waals surface area contributed by atoms with Crippen LogP contribution in [-0.4, -0.2) is 31.4 Å². The van der Waals surface area contributed by atoms with Crippen LogP contribution in [0.3, 0.4) is 0 Å². The Balaban J connectivity index is 2.44. The Labute approximate surface area is 122 Å². The topological polar surface area (TPSA) is 49.4 Å². The molecule has 0 amide bonds. The van der Waals surface area contributed by atoms with Crippen molar-refractivity contribution in [1.29, 1.82) is 0 Å². The van der Waals surface area contributed by atoms with E-state index in [0.29, 0.717) is 17.1 Å². The molecular weight excluding hydrogens is 272 g/mol. The van der Waals surface area contributed by atoms with Crippen molar-refractivity contribution in [3.8, 4) is 0 Å². The van der Waals surface area contributed by atoms with E-state index in [-0.39, 0.29) is 12.1 Å². The molecule has 20 heavy (non-hydrogen) atoms. The van der Waals surface area contributed by atoms with Gasteiger partial charge >= 0.3 is 0 Å². The summed E-state index contributed by atoms with van der Waals surface area (Å²) in [6, 6.07) is 7.39. The Morgan fingerprint density at radius 3 is 2.60 bits per heavy atom. The maximum Gasteiger partial charge on any atom is 0.245 e. The molecule has 1 aromatic rings. The number of anilines is 1. The van der Waals surface area contributed by atoms with Crippen LogP contribution in [0.4, 0.5) is 5.69 Å². The highest BCUT2D eigenvalue weighted by molar-refractivity contribution is 7.89. The van der Waals surface area contributed by atoms with Crippen LogP contribution >= 0.6 is 0 Å². The number of sulfonamides is 1. The molecule has 112 valence electrons. The summed E-state index contributed by atoms with van der Waals surface area (Å²) >= 11 is 0.